The van der Waals surface area contributed by atoms with Crippen LogP contribution in [0.25, 0.3) is 0 Å². The maximum absolute atomic E-state index is 12.0. The molecule has 0 unspecified atom stereocenters. The topological polar surface area (TPSA) is 119 Å². The van der Waals surface area contributed by atoms with Crippen LogP contribution in [-0.4, -0.2) is 38.7 Å². The molecule has 1 aromatic rings. The number of aliphatic hydroxyl groups excluding tert-OH is 1. The first-order chi connectivity index (χ1) is 9.42. The van der Waals surface area contributed by atoms with Gasteiger partial charge in [-0.05, 0) is 18.9 Å². The SMILES string of the molecule is COc1cc([N+](=O)[O-])ccc1S(=O)(=O)NCCCCO. The molecule has 0 atom stereocenters. The smallest absolute Gasteiger partial charge is 0.273 e. The number of benzene rings is 1. The molecule has 0 fully saturated rings. The van der Waals surface area contributed by atoms with Crippen molar-refractivity contribution in [3.63, 3.8) is 0 Å². The van der Waals surface area contributed by atoms with Gasteiger partial charge in [0.15, 0.2) is 0 Å². The van der Waals surface area contributed by atoms with Crippen LogP contribution in [0.3, 0.4) is 0 Å². The fourth-order valence-electron chi connectivity index (χ4n) is 1.51. The van der Waals surface area contributed by atoms with Crippen LogP contribution in [0.1, 0.15) is 12.8 Å². The standard InChI is InChI=1S/C11H16N2O6S/c1-19-10-8-9(13(15)16)4-5-11(10)20(17,18)12-6-2-3-7-14/h4-5,8,12,14H,2-3,6-7H2,1H3. The Balaban J connectivity index is 2.96. The summed E-state index contributed by atoms with van der Waals surface area (Å²) in [6, 6.07) is 3.29. The lowest BCUT2D eigenvalue weighted by Gasteiger charge is -2.10. The van der Waals surface area contributed by atoms with E-state index in [2.05, 4.69) is 4.72 Å². The Morgan fingerprint density at radius 1 is 1.40 bits per heavy atom. The summed E-state index contributed by atoms with van der Waals surface area (Å²) < 4.78 is 31.3. The lowest BCUT2D eigenvalue weighted by Crippen LogP contribution is -2.25. The first-order valence-electron chi connectivity index (χ1n) is 5.85. The Bertz CT molecular complexity index is 572. The van der Waals surface area contributed by atoms with Crippen LogP contribution in [0.2, 0.25) is 0 Å². The molecular weight excluding hydrogens is 288 g/mol. The molecule has 0 aliphatic heterocycles. The number of unbranched alkanes of at least 4 members (excludes halogenated alkanes) is 1. The number of sulfonamides is 1. The summed E-state index contributed by atoms with van der Waals surface area (Å²) in [5, 5.41) is 19.3. The number of non-ortho nitro benzene ring substituents is 1. The van der Waals surface area contributed by atoms with Gasteiger partial charge in [0, 0.05) is 19.2 Å². The van der Waals surface area contributed by atoms with E-state index in [-0.39, 0.29) is 29.5 Å². The quantitative estimate of drug-likeness (QED) is 0.413. The zero-order chi connectivity index (χ0) is 15.2. The third-order valence-electron chi connectivity index (χ3n) is 2.52. The van der Waals surface area contributed by atoms with Gasteiger partial charge in [-0.3, -0.25) is 10.1 Å². The number of nitrogens with zero attached hydrogens (tertiary/aromatic N) is 1. The summed E-state index contributed by atoms with van der Waals surface area (Å²) >= 11 is 0. The predicted molar refractivity (Wildman–Crippen MR) is 71.2 cm³/mol. The number of rotatable bonds is 8. The highest BCUT2D eigenvalue weighted by Gasteiger charge is 2.21. The van der Waals surface area contributed by atoms with Crippen LogP contribution in [0, 0.1) is 10.1 Å². The summed E-state index contributed by atoms with van der Waals surface area (Å²) in [6.07, 6.45) is 0.977. The van der Waals surface area contributed by atoms with Crippen LogP contribution >= 0.6 is 0 Å². The van der Waals surface area contributed by atoms with E-state index in [1.54, 1.807) is 0 Å². The normalized spacial score (nSPS) is 11.3. The number of nitro groups is 1. The van der Waals surface area contributed by atoms with Gasteiger partial charge >= 0.3 is 0 Å². The summed E-state index contributed by atoms with van der Waals surface area (Å²) in [5.74, 6) is -0.0890. The molecule has 1 rings (SSSR count). The molecule has 0 spiro atoms. The zero-order valence-electron chi connectivity index (χ0n) is 10.9. The maximum atomic E-state index is 12.0. The average molecular weight is 304 g/mol. The Kier molecular flexibility index (Phi) is 5.86. The molecule has 0 saturated carbocycles. The van der Waals surface area contributed by atoms with E-state index in [0.29, 0.717) is 12.8 Å². The van der Waals surface area contributed by atoms with Gasteiger partial charge in [0.05, 0.1) is 18.1 Å². The van der Waals surface area contributed by atoms with E-state index < -0.39 is 14.9 Å². The molecule has 0 aromatic heterocycles. The second-order valence-corrected chi connectivity index (χ2v) is 5.66. The fourth-order valence-corrected chi connectivity index (χ4v) is 2.74. The van der Waals surface area contributed by atoms with Crippen molar-refractivity contribution in [3.8, 4) is 5.75 Å². The molecule has 0 saturated heterocycles. The predicted octanol–water partition coefficient (Wildman–Crippen LogP) is 0.654. The number of ether oxygens (including phenoxy) is 1. The molecule has 0 radical (unpaired) electrons. The van der Waals surface area contributed by atoms with E-state index >= 15 is 0 Å². The first-order valence-corrected chi connectivity index (χ1v) is 7.33. The molecule has 20 heavy (non-hydrogen) atoms. The van der Waals surface area contributed by atoms with Crippen molar-refractivity contribution in [2.24, 2.45) is 0 Å². The third-order valence-corrected chi connectivity index (χ3v) is 4.02. The Hall–Kier alpha value is -1.71. The minimum absolute atomic E-state index is 0.0113. The Morgan fingerprint density at radius 3 is 2.65 bits per heavy atom. The lowest BCUT2D eigenvalue weighted by molar-refractivity contribution is -0.385. The Morgan fingerprint density at radius 2 is 2.10 bits per heavy atom. The van der Waals surface area contributed by atoms with Crippen molar-refractivity contribution in [3.05, 3.63) is 28.3 Å². The Labute approximate surface area is 116 Å². The summed E-state index contributed by atoms with van der Waals surface area (Å²) in [5.41, 5.74) is -0.249. The van der Waals surface area contributed by atoms with Gasteiger partial charge in [-0.15, -0.1) is 0 Å². The zero-order valence-corrected chi connectivity index (χ0v) is 11.7. The lowest BCUT2D eigenvalue weighted by atomic mass is 10.3. The minimum Gasteiger partial charge on any atom is -0.495 e. The summed E-state index contributed by atoms with van der Waals surface area (Å²) in [6.45, 7) is 0.158. The fraction of sp³-hybridized carbons (Fsp3) is 0.455. The van der Waals surface area contributed by atoms with E-state index in [9.17, 15) is 18.5 Å². The second kappa shape index (κ2) is 7.17. The molecule has 1 aromatic carbocycles. The van der Waals surface area contributed by atoms with Crippen molar-refractivity contribution in [2.45, 2.75) is 17.7 Å². The number of aliphatic hydroxyl groups is 1. The molecule has 9 heteroatoms. The van der Waals surface area contributed by atoms with Gasteiger partial charge in [0.1, 0.15) is 10.6 Å². The van der Waals surface area contributed by atoms with Gasteiger partial charge in [-0.1, -0.05) is 0 Å². The monoisotopic (exact) mass is 304 g/mol. The molecule has 0 amide bonds. The molecule has 0 bridgehead atoms. The van der Waals surface area contributed by atoms with Crippen molar-refractivity contribution in [1.29, 1.82) is 0 Å². The van der Waals surface area contributed by atoms with E-state index in [4.69, 9.17) is 9.84 Å². The van der Waals surface area contributed by atoms with Crippen LogP contribution < -0.4 is 9.46 Å². The van der Waals surface area contributed by atoms with Gasteiger partial charge in [-0.2, -0.15) is 0 Å². The number of nitro benzene ring substituents is 1. The summed E-state index contributed by atoms with van der Waals surface area (Å²) in [7, 11) is -2.57. The average Bonchev–Trinajstić information content (AvgIpc) is 2.42. The molecule has 112 valence electrons. The van der Waals surface area contributed by atoms with Gasteiger partial charge in [0.25, 0.3) is 5.69 Å². The highest BCUT2D eigenvalue weighted by molar-refractivity contribution is 7.89. The van der Waals surface area contributed by atoms with Crippen molar-refractivity contribution < 1.29 is 23.2 Å². The van der Waals surface area contributed by atoms with Crippen LogP contribution in [0.15, 0.2) is 23.1 Å². The molecule has 0 heterocycles. The number of hydrogen-bond donors (Lipinski definition) is 2. The molecule has 2 N–H and O–H groups in total. The highest BCUT2D eigenvalue weighted by Crippen LogP contribution is 2.28. The first kappa shape index (κ1) is 16.3. The van der Waals surface area contributed by atoms with Gasteiger partial charge < -0.3 is 9.84 Å². The molecule has 0 aliphatic carbocycles. The van der Waals surface area contributed by atoms with Crippen LogP contribution in [0.5, 0.6) is 5.75 Å². The van der Waals surface area contributed by atoms with E-state index in [1.165, 1.54) is 7.11 Å². The molecule has 8 nitrogen and oxygen atoms in total. The van der Waals surface area contributed by atoms with Crippen LogP contribution in [-0.2, 0) is 10.0 Å². The minimum atomic E-state index is -3.81. The second-order valence-electron chi connectivity index (χ2n) is 3.92. The largest absolute Gasteiger partial charge is 0.495 e. The van der Waals surface area contributed by atoms with Crippen LogP contribution in [0.4, 0.5) is 5.69 Å². The number of methoxy groups -OCH3 is 1. The van der Waals surface area contributed by atoms with E-state index in [1.807, 2.05) is 0 Å². The third kappa shape index (κ3) is 4.15. The molecular formula is C11H16N2O6S. The summed E-state index contributed by atoms with van der Waals surface area (Å²) in [4.78, 5) is 9.85. The van der Waals surface area contributed by atoms with Crippen molar-refractivity contribution in [2.75, 3.05) is 20.3 Å². The maximum Gasteiger partial charge on any atom is 0.273 e. The van der Waals surface area contributed by atoms with Gasteiger partial charge in [0.2, 0.25) is 10.0 Å². The number of nitrogens with one attached hydrogen (secondary N) is 1. The number of hydrogen-bond acceptors (Lipinski definition) is 6. The van der Waals surface area contributed by atoms with Crippen molar-refractivity contribution >= 4 is 15.7 Å². The van der Waals surface area contributed by atoms with E-state index in [0.717, 1.165) is 18.2 Å². The van der Waals surface area contributed by atoms with Crippen molar-refractivity contribution in [1.82, 2.24) is 4.72 Å². The van der Waals surface area contributed by atoms with Gasteiger partial charge in [-0.25, -0.2) is 13.1 Å². The molecule has 0 aliphatic rings. The highest BCUT2D eigenvalue weighted by atomic mass is 32.2.